The molecule has 0 aromatic heterocycles. The fourth-order valence-electron chi connectivity index (χ4n) is 2.80. The summed E-state index contributed by atoms with van der Waals surface area (Å²) in [5, 5.41) is 18.1. The Labute approximate surface area is 124 Å². The smallest absolute Gasteiger partial charge is 0.335 e. The molecule has 1 heterocycles. The van der Waals surface area contributed by atoms with Crippen molar-refractivity contribution in [1.29, 1.82) is 0 Å². The zero-order chi connectivity index (χ0) is 15.0. The number of rotatable bonds is 3. The number of allylic oxidation sites excluding steroid dienone is 1. The van der Waals surface area contributed by atoms with Crippen LogP contribution >= 0.6 is 0 Å². The number of carbonyl (C=O) groups is 1. The minimum Gasteiger partial charge on any atom is -0.478 e. The molecule has 0 amide bonds. The molecule has 1 aromatic rings. The van der Waals surface area contributed by atoms with Gasteiger partial charge in [-0.3, -0.25) is 4.31 Å². The van der Waals surface area contributed by atoms with Crippen LogP contribution in [0, 0.1) is 0 Å². The molecule has 1 aliphatic heterocycles. The first-order valence-corrected chi connectivity index (χ1v) is 7.81. The summed E-state index contributed by atoms with van der Waals surface area (Å²) in [6, 6.07) is 6.04. The average Bonchev–Trinajstić information content (AvgIpc) is 2.80. The summed E-state index contributed by atoms with van der Waals surface area (Å²) in [5.74, 6) is -1.02. The van der Waals surface area contributed by atoms with Crippen LogP contribution in [0.4, 0.5) is 5.69 Å². The first kappa shape index (κ1) is 14.2. The van der Waals surface area contributed by atoms with E-state index in [-0.39, 0.29) is 5.56 Å². The van der Waals surface area contributed by atoms with E-state index in [4.69, 9.17) is 5.11 Å². The Balaban J connectivity index is 1.95. The zero-order valence-electron chi connectivity index (χ0n) is 11.2. The van der Waals surface area contributed by atoms with Crippen molar-refractivity contribution >= 4 is 22.6 Å². The Hall–Kier alpha value is -1.70. The molecule has 1 aromatic carbocycles. The second-order valence-corrected chi connectivity index (χ2v) is 6.42. The third kappa shape index (κ3) is 2.37. The highest BCUT2D eigenvalue weighted by Crippen LogP contribution is 2.41. The van der Waals surface area contributed by atoms with Gasteiger partial charge in [-0.15, -0.1) is 0 Å². The fourth-order valence-corrected chi connectivity index (χ4v) is 4.43. The Morgan fingerprint density at radius 2 is 1.90 bits per heavy atom. The van der Waals surface area contributed by atoms with E-state index in [9.17, 15) is 14.3 Å². The highest BCUT2D eigenvalue weighted by atomic mass is 32.2. The molecule has 21 heavy (non-hydrogen) atoms. The van der Waals surface area contributed by atoms with E-state index in [0.29, 0.717) is 5.69 Å². The van der Waals surface area contributed by atoms with Crippen LogP contribution in [-0.2, 0) is 15.9 Å². The van der Waals surface area contributed by atoms with E-state index in [1.807, 2.05) is 0 Å². The summed E-state index contributed by atoms with van der Waals surface area (Å²) in [7, 11) is -1.39. The lowest BCUT2D eigenvalue weighted by Gasteiger charge is -2.24. The van der Waals surface area contributed by atoms with Crippen molar-refractivity contribution in [1.82, 2.24) is 0 Å². The summed E-state index contributed by atoms with van der Waals surface area (Å²) in [5.41, 5.74) is 1.60. The molecule has 1 unspecified atom stereocenters. The van der Waals surface area contributed by atoms with Crippen LogP contribution in [0.3, 0.4) is 0 Å². The second-order valence-electron chi connectivity index (χ2n) is 5.04. The number of carboxylic acids is 1. The topological polar surface area (TPSA) is 87.1 Å². The molecule has 2 atom stereocenters. The van der Waals surface area contributed by atoms with Crippen LogP contribution in [0.15, 0.2) is 34.7 Å². The number of benzene rings is 1. The van der Waals surface area contributed by atoms with Crippen LogP contribution < -0.4 is 4.31 Å². The van der Waals surface area contributed by atoms with E-state index in [1.54, 1.807) is 12.1 Å². The summed E-state index contributed by atoms with van der Waals surface area (Å²) in [6.07, 6.45) is 2.72. The predicted octanol–water partition coefficient (Wildman–Crippen LogP) is 2.51. The Bertz CT molecular complexity index is 625. The van der Waals surface area contributed by atoms with E-state index in [2.05, 4.69) is 4.89 Å². The lowest BCUT2D eigenvalue weighted by Crippen LogP contribution is -2.34. The number of hydrogen-bond donors (Lipinski definition) is 2. The van der Waals surface area contributed by atoms with Crippen LogP contribution in [0.5, 0.6) is 0 Å². The normalized spacial score (nSPS) is 25.1. The summed E-state index contributed by atoms with van der Waals surface area (Å²) < 4.78 is 14.1. The monoisotopic (exact) mass is 309 g/mol. The highest BCUT2D eigenvalue weighted by Gasteiger charge is 2.41. The lowest BCUT2D eigenvalue weighted by molar-refractivity contribution is -0.265. The molecular formula is C14H15NO5S. The van der Waals surface area contributed by atoms with Crippen LogP contribution in [0.2, 0.25) is 0 Å². The van der Waals surface area contributed by atoms with Gasteiger partial charge in [-0.05, 0) is 55.5 Å². The van der Waals surface area contributed by atoms with Crippen LogP contribution in [-0.4, -0.2) is 26.8 Å². The molecule has 1 aliphatic carbocycles. The maximum Gasteiger partial charge on any atom is 0.335 e. The molecule has 0 spiro atoms. The minimum absolute atomic E-state index is 0.155. The van der Waals surface area contributed by atoms with Crippen LogP contribution in [0.1, 0.15) is 36.0 Å². The van der Waals surface area contributed by atoms with Gasteiger partial charge >= 0.3 is 5.97 Å². The highest BCUT2D eigenvalue weighted by molar-refractivity contribution is 7.90. The standard InChI is InChI=1S/C14H15NO5S/c16-14(17)9-5-7-10(8-6-9)15-13(20-18)11-3-1-2-4-12(11)21(15)19/h5-8,13,18H,1-4H2,(H,16,17)/t13-,21?/m0/s1. The molecule has 2 N–H and O–H groups in total. The van der Waals surface area contributed by atoms with Crippen molar-refractivity contribution in [3.63, 3.8) is 0 Å². The molecule has 0 bridgehead atoms. The van der Waals surface area contributed by atoms with Gasteiger partial charge in [0.05, 0.1) is 11.3 Å². The lowest BCUT2D eigenvalue weighted by atomic mass is 9.98. The van der Waals surface area contributed by atoms with Gasteiger partial charge in [0, 0.05) is 4.91 Å². The van der Waals surface area contributed by atoms with Crippen LogP contribution in [0.25, 0.3) is 0 Å². The van der Waals surface area contributed by atoms with Gasteiger partial charge in [-0.25, -0.2) is 19.1 Å². The van der Waals surface area contributed by atoms with E-state index >= 15 is 0 Å². The minimum atomic E-state index is -1.39. The van der Waals surface area contributed by atoms with Crippen molar-refractivity contribution in [2.75, 3.05) is 4.31 Å². The summed E-state index contributed by atoms with van der Waals surface area (Å²) in [6.45, 7) is 0. The summed E-state index contributed by atoms with van der Waals surface area (Å²) in [4.78, 5) is 16.3. The molecule has 0 saturated heterocycles. The molecular weight excluding hydrogens is 294 g/mol. The molecule has 0 fully saturated rings. The van der Waals surface area contributed by atoms with Gasteiger partial charge in [0.1, 0.15) is 0 Å². The fraction of sp³-hybridized carbons (Fsp3) is 0.357. The predicted molar refractivity (Wildman–Crippen MR) is 77.0 cm³/mol. The average molecular weight is 309 g/mol. The number of hydrogen-bond acceptors (Lipinski definition) is 4. The first-order valence-electron chi connectivity index (χ1n) is 6.70. The largest absolute Gasteiger partial charge is 0.478 e. The molecule has 6 nitrogen and oxygen atoms in total. The van der Waals surface area contributed by atoms with Crippen molar-refractivity contribution in [2.45, 2.75) is 31.9 Å². The second kappa shape index (κ2) is 5.59. The van der Waals surface area contributed by atoms with E-state index in [1.165, 1.54) is 16.4 Å². The Kier molecular flexibility index (Phi) is 3.79. The van der Waals surface area contributed by atoms with Gasteiger partial charge in [0.25, 0.3) is 0 Å². The third-order valence-corrected chi connectivity index (χ3v) is 5.47. The van der Waals surface area contributed by atoms with Gasteiger partial charge in [-0.1, -0.05) is 0 Å². The van der Waals surface area contributed by atoms with Gasteiger partial charge in [0.15, 0.2) is 17.2 Å². The Morgan fingerprint density at radius 1 is 1.24 bits per heavy atom. The van der Waals surface area contributed by atoms with Crippen molar-refractivity contribution in [3.05, 3.63) is 40.3 Å². The molecule has 0 saturated carbocycles. The number of anilines is 1. The van der Waals surface area contributed by atoms with E-state index < -0.39 is 23.2 Å². The summed E-state index contributed by atoms with van der Waals surface area (Å²) >= 11 is 0. The van der Waals surface area contributed by atoms with Crippen molar-refractivity contribution in [2.24, 2.45) is 0 Å². The molecule has 7 heteroatoms. The molecule has 112 valence electrons. The van der Waals surface area contributed by atoms with Gasteiger partial charge in [-0.2, -0.15) is 0 Å². The van der Waals surface area contributed by atoms with Crippen molar-refractivity contribution < 1.29 is 24.3 Å². The van der Waals surface area contributed by atoms with Gasteiger partial charge < -0.3 is 5.11 Å². The number of aromatic carboxylic acids is 1. The van der Waals surface area contributed by atoms with E-state index in [0.717, 1.165) is 36.2 Å². The van der Waals surface area contributed by atoms with Gasteiger partial charge in [0.2, 0.25) is 0 Å². The van der Waals surface area contributed by atoms with Crippen molar-refractivity contribution in [3.8, 4) is 0 Å². The molecule has 2 aliphatic rings. The quantitative estimate of drug-likeness (QED) is 0.662. The first-order chi connectivity index (χ1) is 10.1. The maximum absolute atomic E-state index is 12.6. The Morgan fingerprint density at radius 3 is 2.52 bits per heavy atom. The maximum atomic E-state index is 12.6. The number of carboxylic acid groups (broad SMARTS) is 1. The number of nitrogens with zero attached hydrogens (tertiary/aromatic N) is 1. The molecule has 0 radical (unpaired) electrons. The molecule has 3 rings (SSSR count). The third-order valence-electron chi connectivity index (χ3n) is 3.83. The zero-order valence-corrected chi connectivity index (χ0v) is 12.0. The SMILES string of the molecule is O=C(O)c1ccc(N2[C@@H](OO)C3=C(CCCC3)S2=O)cc1.